The van der Waals surface area contributed by atoms with Crippen molar-refractivity contribution in [3.8, 4) is 0 Å². The van der Waals surface area contributed by atoms with E-state index in [4.69, 9.17) is 0 Å². The number of nitrogens with zero attached hydrogens (tertiary/aromatic N) is 2. The van der Waals surface area contributed by atoms with Crippen LogP contribution in [0.15, 0.2) is 18.7 Å². The summed E-state index contributed by atoms with van der Waals surface area (Å²) in [6, 6.07) is 0.543. The van der Waals surface area contributed by atoms with Crippen molar-refractivity contribution < 1.29 is 4.79 Å². The molecular formula is C12H22N4O. The third-order valence-electron chi connectivity index (χ3n) is 2.34. The lowest BCUT2D eigenvalue weighted by atomic mass is 10.3. The van der Waals surface area contributed by atoms with Crippen molar-refractivity contribution in [1.29, 1.82) is 0 Å². The number of nitrogens with one attached hydrogen (secondary N) is 2. The van der Waals surface area contributed by atoms with Crippen LogP contribution in [0.2, 0.25) is 0 Å². The van der Waals surface area contributed by atoms with Crippen molar-refractivity contribution in [3.63, 3.8) is 0 Å². The lowest BCUT2D eigenvalue weighted by Crippen LogP contribution is -2.36. The number of aromatic nitrogens is 2. The SMILES string of the molecule is CC(C)NC(=O)CCNC(C)Cn1ccnc1. The van der Waals surface area contributed by atoms with Crippen molar-refractivity contribution in [1.82, 2.24) is 20.2 Å². The van der Waals surface area contributed by atoms with E-state index in [1.807, 2.05) is 24.6 Å². The van der Waals surface area contributed by atoms with Crippen LogP contribution in [0.3, 0.4) is 0 Å². The molecule has 0 saturated heterocycles. The summed E-state index contributed by atoms with van der Waals surface area (Å²) in [5, 5.41) is 6.18. The standard InChI is InChI=1S/C12H22N4O/c1-10(2)15-12(17)4-5-14-11(3)8-16-7-6-13-9-16/h6-7,9-11,14H,4-5,8H2,1-3H3,(H,15,17). The summed E-state index contributed by atoms with van der Waals surface area (Å²) < 4.78 is 2.02. The Kier molecular flexibility index (Phi) is 5.69. The van der Waals surface area contributed by atoms with E-state index in [1.165, 1.54) is 0 Å². The number of imidazole rings is 1. The molecule has 0 aliphatic carbocycles. The highest BCUT2D eigenvalue weighted by atomic mass is 16.1. The predicted octanol–water partition coefficient (Wildman–Crippen LogP) is 0.776. The largest absolute Gasteiger partial charge is 0.354 e. The summed E-state index contributed by atoms with van der Waals surface area (Å²) in [4.78, 5) is 15.4. The number of carbonyl (C=O) groups excluding carboxylic acids is 1. The second-order valence-electron chi connectivity index (χ2n) is 4.59. The maximum Gasteiger partial charge on any atom is 0.221 e. The Morgan fingerprint density at radius 1 is 1.41 bits per heavy atom. The second-order valence-corrected chi connectivity index (χ2v) is 4.59. The highest BCUT2D eigenvalue weighted by Crippen LogP contribution is 1.92. The highest BCUT2D eigenvalue weighted by molar-refractivity contribution is 5.76. The molecule has 0 aromatic carbocycles. The quantitative estimate of drug-likeness (QED) is 0.738. The first-order valence-electron chi connectivity index (χ1n) is 6.06. The number of hydrogen-bond donors (Lipinski definition) is 2. The van der Waals surface area contributed by atoms with Gasteiger partial charge in [-0.25, -0.2) is 4.98 Å². The summed E-state index contributed by atoms with van der Waals surface area (Å²) in [6.45, 7) is 7.60. The maximum atomic E-state index is 11.4. The smallest absolute Gasteiger partial charge is 0.221 e. The molecule has 5 nitrogen and oxygen atoms in total. The Morgan fingerprint density at radius 3 is 2.76 bits per heavy atom. The molecule has 0 aliphatic heterocycles. The Balaban J connectivity index is 2.12. The molecule has 0 aliphatic rings. The fourth-order valence-corrected chi connectivity index (χ4v) is 1.60. The fourth-order valence-electron chi connectivity index (χ4n) is 1.60. The van der Waals surface area contributed by atoms with Gasteiger partial charge in [-0.1, -0.05) is 0 Å². The van der Waals surface area contributed by atoms with E-state index in [0.717, 1.165) is 6.54 Å². The van der Waals surface area contributed by atoms with Crippen molar-refractivity contribution in [3.05, 3.63) is 18.7 Å². The van der Waals surface area contributed by atoms with E-state index in [2.05, 4.69) is 22.5 Å². The van der Waals surface area contributed by atoms with E-state index >= 15 is 0 Å². The third kappa shape index (κ3) is 6.06. The fraction of sp³-hybridized carbons (Fsp3) is 0.667. The Hall–Kier alpha value is -1.36. The summed E-state index contributed by atoms with van der Waals surface area (Å²) in [7, 11) is 0. The maximum absolute atomic E-state index is 11.4. The molecule has 1 unspecified atom stereocenters. The molecule has 1 amide bonds. The minimum absolute atomic E-state index is 0.0994. The monoisotopic (exact) mass is 238 g/mol. The average Bonchev–Trinajstić information content (AvgIpc) is 2.69. The van der Waals surface area contributed by atoms with Crippen LogP contribution in [0.5, 0.6) is 0 Å². The molecule has 17 heavy (non-hydrogen) atoms. The zero-order valence-electron chi connectivity index (χ0n) is 10.8. The summed E-state index contributed by atoms with van der Waals surface area (Å²) in [5.74, 6) is 0.0994. The summed E-state index contributed by atoms with van der Waals surface area (Å²) in [6.07, 6.45) is 6.02. The van der Waals surface area contributed by atoms with Gasteiger partial charge in [-0.05, 0) is 20.8 Å². The number of amides is 1. The molecule has 2 N–H and O–H groups in total. The van der Waals surface area contributed by atoms with E-state index in [-0.39, 0.29) is 11.9 Å². The average molecular weight is 238 g/mol. The van der Waals surface area contributed by atoms with Gasteiger partial charge < -0.3 is 15.2 Å². The first-order chi connectivity index (χ1) is 8.08. The van der Waals surface area contributed by atoms with Crippen LogP contribution < -0.4 is 10.6 Å². The van der Waals surface area contributed by atoms with Crippen molar-refractivity contribution in [2.75, 3.05) is 6.54 Å². The molecular weight excluding hydrogens is 216 g/mol. The molecule has 0 bridgehead atoms. The molecule has 0 fully saturated rings. The summed E-state index contributed by atoms with van der Waals surface area (Å²) in [5.41, 5.74) is 0. The van der Waals surface area contributed by atoms with Crippen LogP contribution in [0.4, 0.5) is 0 Å². The number of rotatable bonds is 7. The first kappa shape index (κ1) is 13.7. The Morgan fingerprint density at radius 2 is 2.18 bits per heavy atom. The molecule has 0 radical (unpaired) electrons. The molecule has 96 valence electrons. The molecule has 0 saturated carbocycles. The van der Waals surface area contributed by atoms with E-state index < -0.39 is 0 Å². The molecule has 1 rings (SSSR count). The minimum atomic E-state index is 0.0994. The lowest BCUT2D eigenvalue weighted by molar-refractivity contribution is -0.121. The van der Waals surface area contributed by atoms with E-state index in [0.29, 0.717) is 19.0 Å². The van der Waals surface area contributed by atoms with Gasteiger partial charge >= 0.3 is 0 Å². The van der Waals surface area contributed by atoms with Gasteiger partial charge in [0.2, 0.25) is 5.91 Å². The molecule has 1 aromatic rings. The minimum Gasteiger partial charge on any atom is -0.354 e. The molecule has 0 spiro atoms. The van der Waals surface area contributed by atoms with Crippen LogP contribution in [0.25, 0.3) is 0 Å². The van der Waals surface area contributed by atoms with Gasteiger partial charge in [-0.2, -0.15) is 0 Å². The lowest BCUT2D eigenvalue weighted by Gasteiger charge is -2.14. The van der Waals surface area contributed by atoms with Crippen LogP contribution in [-0.2, 0) is 11.3 Å². The van der Waals surface area contributed by atoms with Crippen LogP contribution >= 0.6 is 0 Å². The van der Waals surface area contributed by atoms with Gasteiger partial charge in [0.15, 0.2) is 0 Å². The Labute approximate surface area is 103 Å². The number of carbonyl (C=O) groups is 1. The second kappa shape index (κ2) is 7.06. The third-order valence-corrected chi connectivity index (χ3v) is 2.34. The Bertz CT molecular complexity index is 321. The zero-order valence-corrected chi connectivity index (χ0v) is 10.8. The highest BCUT2D eigenvalue weighted by Gasteiger charge is 2.05. The van der Waals surface area contributed by atoms with Crippen molar-refractivity contribution >= 4 is 5.91 Å². The topological polar surface area (TPSA) is 59.0 Å². The molecule has 1 atom stereocenters. The van der Waals surface area contributed by atoms with Gasteiger partial charge in [-0.3, -0.25) is 4.79 Å². The molecule has 1 aromatic heterocycles. The van der Waals surface area contributed by atoms with Gasteiger partial charge in [-0.15, -0.1) is 0 Å². The zero-order chi connectivity index (χ0) is 12.7. The van der Waals surface area contributed by atoms with Crippen LogP contribution in [0.1, 0.15) is 27.2 Å². The van der Waals surface area contributed by atoms with Crippen molar-refractivity contribution in [2.24, 2.45) is 0 Å². The van der Waals surface area contributed by atoms with Crippen LogP contribution in [-0.4, -0.2) is 34.1 Å². The first-order valence-corrected chi connectivity index (χ1v) is 6.06. The molecule has 5 heteroatoms. The normalized spacial score (nSPS) is 12.7. The van der Waals surface area contributed by atoms with E-state index in [9.17, 15) is 4.79 Å². The van der Waals surface area contributed by atoms with Gasteiger partial charge in [0.05, 0.1) is 6.33 Å². The van der Waals surface area contributed by atoms with Gasteiger partial charge in [0.1, 0.15) is 0 Å². The van der Waals surface area contributed by atoms with Gasteiger partial charge in [0.25, 0.3) is 0 Å². The predicted molar refractivity (Wildman–Crippen MR) is 67.6 cm³/mol. The van der Waals surface area contributed by atoms with Crippen LogP contribution in [0, 0.1) is 0 Å². The van der Waals surface area contributed by atoms with Gasteiger partial charge in [0, 0.05) is 44.0 Å². The summed E-state index contributed by atoms with van der Waals surface area (Å²) >= 11 is 0. The van der Waals surface area contributed by atoms with Crippen molar-refractivity contribution in [2.45, 2.75) is 45.8 Å². The van der Waals surface area contributed by atoms with E-state index in [1.54, 1.807) is 12.5 Å². The number of hydrogen-bond acceptors (Lipinski definition) is 3. The molecule has 1 heterocycles.